The lowest BCUT2D eigenvalue weighted by atomic mass is 10.1. The fourth-order valence-electron chi connectivity index (χ4n) is 2.66. The lowest BCUT2D eigenvalue weighted by molar-refractivity contribution is -0.384. The van der Waals surface area contributed by atoms with Gasteiger partial charge < -0.3 is 9.64 Å². The number of nitriles is 1. The first-order valence-corrected chi connectivity index (χ1v) is 7.30. The van der Waals surface area contributed by atoms with E-state index in [1.54, 1.807) is 35.2 Å². The standard InChI is InChI=1S/C17H13N3O4/c18-10-13-3-1-2-4-16(13)24-11-17(21)19-8-7-12-9-14(20(22)23)5-6-15(12)19/h1-6,9H,7-8,11H2. The van der Waals surface area contributed by atoms with Crippen LogP contribution in [0.5, 0.6) is 5.75 Å². The lowest BCUT2D eigenvalue weighted by Crippen LogP contribution is -2.33. The molecule has 2 aromatic rings. The third-order valence-corrected chi connectivity index (χ3v) is 3.83. The Morgan fingerprint density at radius 2 is 2.12 bits per heavy atom. The number of ether oxygens (including phenoxy) is 1. The van der Waals surface area contributed by atoms with Gasteiger partial charge in [-0.15, -0.1) is 0 Å². The summed E-state index contributed by atoms with van der Waals surface area (Å²) in [7, 11) is 0. The van der Waals surface area contributed by atoms with Crippen LogP contribution in [0, 0.1) is 21.4 Å². The Balaban J connectivity index is 1.72. The average Bonchev–Trinajstić information content (AvgIpc) is 3.03. The van der Waals surface area contributed by atoms with Crippen molar-refractivity contribution in [2.75, 3.05) is 18.1 Å². The van der Waals surface area contributed by atoms with Crippen LogP contribution in [0.2, 0.25) is 0 Å². The molecule has 0 aromatic heterocycles. The van der Waals surface area contributed by atoms with Gasteiger partial charge in [0.15, 0.2) is 6.61 Å². The minimum atomic E-state index is -0.452. The smallest absolute Gasteiger partial charge is 0.269 e. The number of anilines is 1. The summed E-state index contributed by atoms with van der Waals surface area (Å²) in [5.74, 6) is 0.104. The summed E-state index contributed by atoms with van der Waals surface area (Å²) in [5.41, 5.74) is 1.82. The Morgan fingerprint density at radius 3 is 2.88 bits per heavy atom. The molecule has 3 rings (SSSR count). The highest BCUT2D eigenvalue weighted by atomic mass is 16.6. The van der Waals surface area contributed by atoms with Gasteiger partial charge in [0.1, 0.15) is 11.8 Å². The van der Waals surface area contributed by atoms with Crippen LogP contribution in [0.1, 0.15) is 11.1 Å². The molecule has 1 aliphatic rings. The van der Waals surface area contributed by atoms with E-state index in [4.69, 9.17) is 10.00 Å². The molecule has 2 aromatic carbocycles. The van der Waals surface area contributed by atoms with Crippen LogP contribution in [0.3, 0.4) is 0 Å². The summed E-state index contributed by atoms with van der Waals surface area (Å²) in [5, 5.41) is 19.8. The van der Waals surface area contributed by atoms with Crippen molar-refractivity contribution >= 4 is 17.3 Å². The first-order valence-electron chi connectivity index (χ1n) is 7.30. The number of benzene rings is 2. The van der Waals surface area contributed by atoms with E-state index in [1.165, 1.54) is 12.1 Å². The summed E-state index contributed by atoms with van der Waals surface area (Å²) in [4.78, 5) is 24.3. The molecule has 0 radical (unpaired) electrons. The molecule has 0 atom stereocenters. The maximum absolute atomic E-state index is 12.4. The van der Waals surface area contributed by atoms with Crippen molar-refractivity contribution in [2.45, 2.75) is 6.42 Å². The zero-order valence-electron chi connectivity index (χ0n) is 12.6. The molecular weight excluding hydrogens is 310 g/mol. The molecule has 1 amide bonds. The molecule has 7 nitrogen and oxygen atoms in total. The van der Waals surface area contributed by atoms with Crippen LogP contribution in [0.25, 0.3) is 0 Å². The molecular formula is C17H13N3O4. The van der Waals surface area contributed by atoms with Crippen molar-refractivity contribution in [2.24, 2.45) is 0 Å². The summed E-state index contributed by atoms with van der Waals surface area (Å²) in [6.07, 6.45) is 0.567. The second-order valence-electron chi connectivity index (χ2n) is 5.26. The Morgan fingerprint density at radius 1 is 1.33 bits per heavy atom. The molecule has 1 aliphatic heterocycles. The largest absolute Gasteiger partial charge is 0.482 e. The van der Waals surface area contributed by atoms with Crippen LogP contribution >= 0.6 is 0 Å². The number of rotatable bonds is 4. The molecule has 0 fully saturated rings. The van der Waals surface area contributed by atoms with Gasteiger partial charge in [-0.3, -0.25) is 14.9 Å². The number of fused-ring (bicyclic) bond motifs is 1. The summed E-state index contributed by atoms with van der Waals surface area (Å²) >= 11 is 0. The number of carbonyl (C=O) groups excluding carboxylic acids is 1. The van der Waals surface area contributed by atoms with Gasteiger partial charge in [-0.25, -0.2) is 0 Å². The van der Waals surface area contributed by atoms with E-state index in [0.717, 1.165) is 5.56 Å². The van der Waals surface area contributed by atoms with E-state index in [1.807, 2.05) is 6.07 Å². The van der Waals surface area contributed by atoms with Crippen molar-refractivity contribution in [3.63, 3.8) is 0 Å². The van der Waals surface area contributed by atoms with Gasteiger partial charge in [0, 0.05) is 24.4 Å². The van der Waals surface area contributed by atoms with Crippen LogP contribution < -0.4 is 9.64 Å². The number of para-hydroxylation sites is 1. The zero-order valence-corrected chi connectivity index (χ0v) is 12.6. The SMILES string of the molecule is N#Cc1ccccc1OCC(=O)N1CCc2cc([N+](=O)[O-])ccc21. The van der Waals surface area contributed by atoms with Crippen molar-refractivity contribution in [1.29, 1.82) is 5.26 Å². The molecule has 7 heteroatoms. The maximum Gasteiger partial charge on any atom is 0.269 e. The van der Waals surface area contributed by atoms with Gasteiger partial charge >= 0.3 is 0 Å². The average molecular weight is 323 g/mol. The monoisotopic (exact) mass is 323 g/mol. The molecule has 0 saturated heterocycles. The van der Waals surface area contributed by atoms with Crippen LogP contribution in [-0.4, -0.2) is 24.0 Å². The van der Waals surface area contributed by atoms with E-state index >= 15 is 0 Å². The number of nitro groups is 1. The Kier molecular flexibility index (Phi) is 4.12. The molecule has 0 unspecified atom stereocenters. The third-order valence-electron chi connectivity index (χ3n) is 3.83. The zero-order chi connectivity index (χ0) is 17.1. The molecule has 1 heterocycles. The summed E-state index contributed by atoms with van der Waals surface area (Å²) in [6.45, 7) is 0.258. The van der Waals surface area contributed by atoms with Gasteiger partial charge in [0.05, 0.1) is 10.5 Å². The highest BCUT2D eigenvalue weighted by molar-refractivity contribution is 5.96. The minimum absolute atomic E-state index is 0.0160. The highest BCUT2D eigenvalue weighted by Gasteiger charge is 2.26. The minimum Gasteiger partial charge on any atom is -0.482 e. The molecule has 0 aliphatic carbocycles. The number of amides is 1. The first kappa shape index (κ1) is 15.5. The van der Waals surface area contributed by atoms with Crippen molar-refractivity contribution < 1.29 is 14.5 Å². The van der Waals surface area contributed by atoms with Crippen LogP contribution in [0.4, 0.5) is 11.4 Å². The number of carbonyl (C=O) groups is 1. The molecule has 120 valence electrons. The fraction of sp³-hybridized carbons (Fsp3) is 0.176. The second kappa shape index (κ2) is 6.38. The Bertz CT molecular complexity index is 857. The van der Waals surface area contributed by atoms with Crippen LogP contribution in [0.15, 0.2) is 42.5 Å². The first-order chi connectivity index (χ1) is 11.6. The molecule has 0 N–H and O–H groups in total. The number of non-ortho nitro benzene ring substituents is 1. The van der Waals surface area contributed by atoms with Gasteiger partial charge in [-0.2, -0.15) is 5.26 Å². The van der Waals surface area contributed by atoms with Crippen molar-refractivity contribution in [3.8, 4) is 11.8 Å². The molecule has 0 spiro atoms. The van der Waals surface area contributed by atoms with E-state index in [2.05, 4.69) is 0 Å². The van der Waals surface area contributed by atoms with Gasteiger partial charge in [-0.1, -0.05) is 12.1 Å². The molecule has 0 saturated carbocycles. The number of hydrogen-bond acceptors (Lipinski definition) is 5. The number of nitrogens with zero attached hydrogens (tertiary/aromatic N) is 3. The van der Waals surface area contributed by atoms with Gasteiger partial charge in [0.2, 0.25) is 0 Å². The number of hydrogen-bond donors (Lipinski definition) is 0. The highest BCUT2D eigenvalue weighted by Crippen LogP contribution is 2.31. The van der Waals surface area contributed by atoms with E-state index < -0.39 is 4.92 Å². The van der Waals surface area contributed by atoms with Crippen molar-refractivity contribution in [1.82, 2.24) is 0 Å². The van der Waals surface area contributed by atoms with Gasteiger partial charge in [-0.05, 0) is 30.2 Å². The van der Waals surface area contributed by atoms with Crippen LogP contribution in [-0.2, 0) is 11.2 Å². The summed E-state index contributed by atoms with van der Waals surface area (Å²) < 4.78 is 5.46. The predicted molar refractivity (Wildman–Crippen MR) is 85.8 cm³/mol. The van der Waals surface area contributed by atoms with E-state index in [-0.39, 0.29) is 18.2 Å². The van der Waals surface area contributed by atoms with Crippen molar-refractivity contribution in [3.05, 3.63) is 63.7 Å². The van der Waals surface area contributed by atoms with Gasteiger partial charge in [0.25, 0.3) is 11.6 Å². The normalized spacial score (nSPS) is 12.4. The number of nitro benzene ring substituents is 1. The Hall–Kier alpha value is -3.40. The predicted octanol–water partition coefficient (Wildman–Crippen LogP) is 2.43. The molecule has 24 heavy (non-hydrogen) atoms. The van der Waals surface area contributed by atoms with E-state index in [0.29, 0.717) is 30.0 Å². The third kappa shape index (κ3) is 2.90. The quantitative estimate of drug-likeness (QED) is 0.636. The second-order valence-corrected chi connectivity index (χ2v) is 5.26. The lowest BCUT2D eigenvalue weighted by Gasteiger charge is -2.17. The summed E-state index contributed by atoms with van der Waals surface area (Å²) in [6, 6.07) is 13.2. The fourth-order valence-corrected chi connectivity index (χ4v) is 2.66. The topological polar surface area (TPSA) is 96.5 Å². The van der Waals surface area contributed by atoms with E-state index in [9.17, 15) is 14.9 Å². The Labute approximate surface area is 137 Å². The molecule has 0 bridgehead atoms. The maximum atomic E-state index is 12.4.